The number of hydrogen-bond acceptors (Lipinski definition) is 9. The number of anilines is 2. The van der Waals surface area contributed by atoms with E-state index in [-0.39, 0.29) is 39.9 Å². The van der Waals surface area contributed by atoms with Gasteiger partial charge >= 0.3 is 0 Å². The third kappa shape index (κ3) is 4.22. The SMILES string of the molecule is N=C(Oc1ccnc(Cl)c1Cl)c1ncc(N2CCC(O)(CN)CC2)nc1N. The van der Waals surface area contributed by atoms with Crippen LogP contribution in [0.4, 0.5) is 11.6 Å². The van der Waals surface area contributed by atoms with Crippen LogP contribution in [-0.2, 0) is 0 Å². The van der Waals surface area contributed by atoms with Crippen molar-refractivity contribution >= 4 is 40.7 Å². The van der Waals surface area contributed by atoms with Crippen LogP contribution in [0.2, 0.25) is 10.2 Å². The Morgan fingerprint density at radius 1 is 1.33 bits per heavy atom. The number of nitrogens with one attached hydrogen (secondary N) is 1. The van der Waals surface area contributed by atoms with E-state index in [1.807, 2.05) is 4.90 Å². The van der Waals surface area contributed by atoms with Gasteiger partial charge in [0, 0.05) is 31.9 Å². The van der Waals surface area contributed by atoms with Crippen LogP contribution in [0, 0.1) is 5.41 Å². The van der Waals surface area contributed by atoms with E-state index in [0.29, 0.717) is 31.7 Å². The summed E-state index contributed by atoms with van der Waals surface area (Å²) in [5, 5.41) is 18.5. The molecule has 6 N–H and O–H groups in total. The highest BCUT2D eigenvalue weighted by molar-refractivity contribution is 6.42. The van der Waals surface area contributed by atoms with E-state index < -0.39 is 5.60 Å². The molecular weight excluding hydrogens is 393 g/mol. The standard InChI is InChI=1S/C16H19Cl2N7O2/c17-11-9(1-4-22-13(11)18)27-15(21)12-14(20)24-10(7-23-12)25-5-2-16(26,8-19)3-6-25/h1,4,7,21,26H,2-3,5-6,8,19H2,(H2,20,24). The summed E-state index contributed by atoms with van der Waals surface area (Å²) < 4.78 is 5.40. The highest BCUT2D eigenvalue weighted by atomic mass is 35.5. The van der Waals surface area contributed by atoms with E-state index in [1.54, 1.807) is 0 Å². The Labute approximate surface area is 165 Å². The van der Waals surface area contributed by atoms with E-state index in [0.717, 1.165) is 0 Å². The third-order valence-corrected chi connectivity index (χ3v) is 5.17. The molecule has 3 rings (SSSR count). The first-order valence-electron chi connectivity index (χ1n) is 8.19. The minimum absolute atomic E-state index is 0.0495. The molecule has 1 fully saturated rings. The maximum Gasteiger partial charge on any atom is 0.241 e. The van der Waals surface area contributed by atoms with Crippen molar-refractivity contribution in [3.8, 4) is 5.75 Å². The van der Waals surface area contributed by atoms with Gasteiger partial charge in [0.15, 0.2) is 22.4 Å². The number of nitrogens with two attached hydrogens (primary N) is 2. The fraction of sp³-hybridized carbons (Fsp3) is 0.375. The van der Waals surface area contributed by atoms with E-state index in [2.05, 4.69) is 15.0 Å². The van der Waals surface area contributed by atoms with Gasteiger partial charge in [-0.1, -0.05) is 23.2 Å². The number of rotatable bonds is 4. The molecule has 9 nitrogen and oxygen atoms in total. The zero-order valence-corrected chi connectivity index (χ0v) is 15.8. The quantitative estimate of drug-likeness (QED) is 0.335. The predicted octanol–water partition coefficient (Wildman–Crippen LogP) is 1.45. The zero-order valence-electron chi connectivity index (χ0n) is 14.3. The number of nitrogens with zero attached hydrogens (tertiary/aromatic N) is 4. The molecule has 3 heterocycles. The molecule has 144 valence electrons. The molecule has 0 aliphatic carbocycles. The number of aromatic nitrogens is 3. The van der Waals surface area contributed by atoms with Gasteiger partial charge in [-0.2, -0.15) is 0 Å². The van der Waals surface area contributed by atoms with Gasteiger partial charge in [0.05, 0.1) is 11.8 Å². The minimum atomic E-state index is -0.837. The first-order valence-corrected chi connectivity index (χ1v) is 8.95. The van der Waals surface area contributed by atoms with Crippen molar-refractivity contribution in [3.05, 3.63) is 34.3 Å². The second-order valence-corrected chi connectivity index (χ2v) is 6.96. The molecule has 0 atom stereocenters. The predicted molar refractivity (Wildman–Crippen MR) is 104 cm³/mol. The Bertz CT molecular complexity index is 857. The van der Waals surface area contributed by atoms with Crippen molar-refractivity contribution in [1.82, 2.24) is 15.0 Å². The van der Waals surface area contributed by atoms with Crippen molar-refractivity contribution < 1.29 is 9.84 Å². The van der Waals surface area contributed by atoms with E-state index in [9.17, 15) is 5.11 Å². The van der Waals surface area contributed by atoms with Crippen molar-refractivity contribution in [2.24, 2.45) is 5.73 Å². The highest BCUT2D eigenvalue weighted by Gasteiger charge is 2.31. The Kier molecular flexibility index (Phi) is 5.66. The third-order valence-electron chi connectivity index (χ3n) is 4.42. The molecule has 27 heavy (non-hydrogen) atoms. The molecule has 2 aromatic rings. The van der Waals surface area contributed by atoms with Gasteiger partial charge in [-0.25, -0.2) is 15.0 Å². The van der Waals surface area contributed by atoms with Crippen LogP contribution in [0.25, 0.3) is 0 Å². The summed E-state index contributed by atoms with van der Waals surface area (Å²) in [6.45, 7) is 1.39. The van der Waals surface area contributed by atoms with Crippen LogP contribution in [0.15, 0.2) is 18.5 Å². The topological polar surface area (TPSA) is 147 Å². The van der Waals surface area contributed by atoms with Crippen LogP contribution >= 0.6 is 23.2 Å². The summed E-state index contributed by atoms with van der Waals surface area (Å²) in [4.78, 5) is 14.3. The lowest BCUT2D eigenvalue weighted by atomic mass is 9.92. The summed E-state index contributed by atoms with van der Waals surface area (Å²) >= 11 is 11.8. The Morgan fingerprint density at radius 2 is 2.04 bits per heavy atom. The molecule has 11 heteroatoms. The molecule has 1 saturated heterocycles. The van der Waals surface area contributed by atoms with Crippen LogP contribution < -0.4 is 21.1 Å². The smallest absolute Gasteiger partial charge is 0.241 e. The average Bonchev–Trinajstić information content (AvgIpc) is 2.66. The molecule has 0 bridgehead atoms. The number of aliphatic hydroxyl groups is 1. The van der Waals surface area contributed by atoms with E-state index in [4.69, 9.17) is 44.8 Å². The molecular formula is C16H19Cl2N7O2. The van der Waals surface area contributed by atoms with Crippen molar-refractivity contribution in [2.75, 3.05) is 30.3 Å². The average molecular weight is 412 g/mol. The molecule has 1 aliphatic heterocycles. The van der Waals surface area contributed by atoms with Gasteiger partial charge in [-0.3, -0.25) is 5.41 Å². The Hall–Kier alpha value is -2.20. The van der Waals surface area contributed by atoms with Gasteiger partial charge < -0.3 is 26.2 Å². The number of halogens is 2. The number of hydrogen-bond donors (Lipinski definition) is 4. The monoisotopic (exact) mass is 411 g/mol. The minimum Gasteiger partial charge on any atom is -0.436 e. The lowest BCUT2D eigenvalue weighted by Crippen LogP contribution is -2.49. The van der Waals surface area contributed by atoms with Gasteiger partial charge in [-0.15, -0.1) is 0 Å². The van der Waals surface area contributed by atoms with Gasteiger partial charge in [0.25, 0.3) is 0 Å². The first kappa shape index (κ1) is 19.6. The number of nitrogen functional groups attached to an aromatic ring is 1. The maximum absolute atomic E-state index is 10.2. The van der Waals surface area contributed by atoms with E-state index in [1.165, 1.54) is 18.5 Å². The van der Waals surface area contributed by atoms with E-state index >= 15 is 0 Å². The van der Waals surface area contributed by atoms with Crippen molar-refractivity contribution in [2.45, 2.75) is 18.4 Å². The Morgan fingerprint density at radius 3 is 2.67 bits per heavy atom. The fourth-order valence-electron chi connectivity index (χ4n) is 2.72. The summed E-state index contributed by atoms with van der Waals surface area (Å²) in [5.74, 6) is 0.470. The van der Waals surface area contributed by atoms with Crippen LogP contribution in [0.5, 0.6) is 5.75 Å². The molecule has 2 aromatic heterocycles. The Balaban J connectivity index is 1.73. The molecule has 1 aliphatic rings. The van der Waals surface area contributed by atoms with Gasteiger partial charge in [0.2, 0.25) is 5.90 Å². The van der Waals surface area contributed by atoms with Crippen molar-refractivity contribution in [1.29, 1.82) is 5.41 Å². The molecule has 0 radical (unpaired) electrons. The molecule has 0 spiro atoms. The lowest BCUT2D eigenvalue weighted by Gasteiger charge is -2.37. The van der Waals surface area contributed by atoms with Crippen LogP contribution in [0.3, 0.4) is 0 Å². The largest absolute Gasteiger partial charge is 0.436 e. The van der Waals surface area contributed by atoms with Gasteiger partial charge in [-0.05, 0) is 12.8 Å². The molecule has 0 saturated carbocycles. The highest BCUT2D eigenvalue weighted by Crippen LogP contribution is 2.30. The summed E-state index contributed by atoms with van der Waals surface area (Å²) in [6.07, 6.45) is 3.99. The zero-order chi connectivity index (χ0) is 19.6. The molecule has 0 unspecified atom stereocenters. The van der Waals surface area contributed by atoms with Crippen LogP contribution in [-0.4, -0.2) is 51.2 Å². The molecule has 0 amide bonds. The fourth-order valence-corrected chi connectivity index (χ4v) is 3.02. The number of piperidine rings is 1. The first-order chi connectivity index (χ1) is 12.8. The van der Waals surface area contributed by atoms with Crippen LogP contribution in [0.1, 0.15) is 18.5 Å². The number of ether oxygens (including phenoxy) is 1. The second kappa shape index (κ2) is 7.81. The molecule has 0 aromatic carbocycles. The van der Waals surface area contributed by atoms with Gasteiger partial charge in [0.1, 0.15) is 10.8 Å². The number of pyridine rings is 1. The maximum atomic E-state index is 10.2. The summed E-state index contributed by atoms with van der Waals surface area (Å²) in [5.41, 5.74) is 10.8. The normalized spacial score (nSPS) is 16.2. The van der Waals surface area contributed by atoms with Crippen molar-refractivity contribution in [3.63, 3.8) is 0 Å². The lowest BCUT2D eigenvalue weighted by molar-refractivity contribution is 0.0249. The second-order valence-electron chi connectivity index (χ2n) is 6.22. The summed E-state index contributed by atoms with van der Waals surface area (Å²) in [6, 6.07) is 1.48. The summed E-state index contributed by atoms with van der Waals surface area (Å²) in [7, 11) is 0.